The first-order valence-corrected chi connectivity index (χ1v) is 13.1. The molecule has 1 atom stereocenters. The maximum absolute atomic E-state index is 13.4. The Kier molecular flexibility index (Phi) is 8.83. The Labute approximate surface area is 225 Å². The summed E-state index contributed by atoms with van der Waals surface area (Å²) in [5.41, 5.74) is 3.58. The van der Waals surface area contributed by atoms with Gasteiger partial charge in [-0.2, -0.15) is 0 Å². The number of nitrogens with one attached hydrogen (secondary N) is 1. The van der Waals surface area contributed by atoms with Gasteiger partial charge in [0.1, 0.15) is 5.75 Å². The monoisotopic (exact) mass is 565 g/mol. The summed E-state index contributed by atoms with van der Waals surface area (Å²) in [6, 6.07) is 23.3. The summed E-state index contributed by atoms with van der Waals surface area (Å²) >= 11 is 9.50. The molecule has 0 saturated carbocycles. The summed E-state index contributed by atoms with van der Waals surface area (Å²) in [4.78, 5) is 19.8. The van der Waals surface area contributed by atoms with E-state index in [9.17, 15) is 4.79 Å². The van der Waals surface area contributed by atoms with Gasteiger partial charge in [-0.3, -0.25) is 9.78 Å². The van der Waals surface area contributed by atoms with Crippen LogP contribution in [-0.4, -0.2) is 35.5 Å². The number of rotatable bonds is 10. The highest BCUT2D eigenvalue weighted by Crippen LogP contribution is 2.28. The van der Waals surface area contributed by atoms with E-state index in [4.69, 9.17) is 16.3 Å². The fourth-order valence-electron chi connectivity index (χ4n) is 4.16. The Balaban J connectivity index is 1.43. The molecule has 5 nitrogen and oxygen atoms in total. The summed E-state index contributed by atoms with van der Waals surface area (Å²) in [5, 5.41) is 5.30. The lowest BCUT2D eigenvalue weighted by molar-refractivity contribution is 0.0739. The van der Waals surface area contributed by atoms with Crippen molar-refractivity contribution in [3.8, 4) is 5.75 Å². The van der Waals surface area contributed by atoms with Gasteiger partial charge < -0.3 is 15.0 Å². The average molecular weight is 567 g/mol. The minimum atomic E-state index is 0.0149. The number of ether oxygens (including phenoxy) is 1. The van der Waals surface area contributed by atoms with Gasteiger partial charge in [0.25, 0.3) is 5.91 Å². The van der Waals surface area contributed by atoms with Crippen LogP contribution in [-0.2, 0) is 6.54 Å². The second-order valence-corrected chi connectivity index (χ2v) is 10.1. The van der Waals surface area contributed by atoms with Crippen LogP contribution in [0.1, 0.15) is 35.7 Å². The first-order valence-electron chi connectivity index (χ1n) is 11.9. The van der Waals surface area contributed by atoms with Crippen LogP contribution in [0.4, 0.5) is 5.69 Å². The number of carbonyl (C=O) groups excluding carboxylic acids is 1. The zero-order valence-electron chi connectivity index (χ0n) is 20.4. The van der Waals surface area contributed by atoms with Crippen molar-refractivity contribution in [1.29, 1.82) is 0 Å². The van der Waals surface area contributed by atoms with Crippen molar-refractivity contribution in [2.24, 2.45) is 0 Å². The molecule has 4 rings (SSSR count). The zero-order valence-corrected chi connectivity index (χ0v) is 22.7. The number of amides is 1. The number of carbonyl (C=O) groups is 1. The van der Waals surface area contributed by atoms with Gasteiger partial charge in [0, 0.05) is 51.8 Å². The van der Waals surface area contributed by atoms with Crippen molar-refractivity contribution in [2.45, 2.75) is 32.4 Å². The number of anilines is 1. The van der Waals surface area contributed by atoms with E-state index < -0.39 is 0 Å². The molecule has 0 spiro atoms. The summed E-state index contributed by atoms with van der Waals surface area (Å²) in [6.45, 7) is 3.31. The third-order valence-corrected chi connectivity index (χ3v) is 6.83. The molecular formula is C29H29BrClN3O2. The molecule has 0 aliphatic rings. The van der Waals surface area contributed by atoms with Crippen LogP contribution in [0.3, 0.4) is 0 Å². The molecular weight excluding hydrogens is 538 g/mol. The van der Waals surface area contributed by atoms with E-state index in [1.165, 1.54) is 0 Å². The van der Waals surface area contributed by atoms with Gasteiger partial charge >= 0.3 is 0 Å². The third kappa shape index (κ3) is 6.77. The lowest BCUT2D eigenvalue weighted by Crippen LogP contribution is -2.32. The number of fused-ring (bicyclic) bond motifs is 1. The number of benzene rings is 3. The van der Waals surface area contributed by atoms with E-state index >= 15 is 0 Å². The van der Waals surface area contributed by atoms with E-state index in [0.717, 1.165) is 45.2 Å². The SMILES string of the molecule is COc1cc(NC(C)CCCN(Cc2ccc(Cl)cc2)C(=O)c2ccc(Br)cc2)c2ncccc2c1. The minimum absolute atomic E-state index is 0.0149. The van der Waals surface area contributed by atoms with E-state index in [0.29, 0.717) is 23.7 Å². The molecule has 0 fully saturated rings. The fraction of sp³-hybridized carbons (Fsp3) is 0.241. The number of aromatic nitrogens is 1. The number of nitrogens with zero attached hydrogens (tertiary/aromatic N) is 2. The molecule has 1 unspecified atom stereocenters. The molecule has 0 saturated heterocycles. The molecule has 0 aliphatic carbocycles. The maximum atomic E-state index is 13.4. The van der Waals surface area contributed by atoms with Gasteiger partial charge in [-0.25, -0.2) is 0 Å². The van der Waals surface area contributed by atoms with E-state index in [2.05, 4.69) is 33.2 Å². The predicted octanol–water partition coefficient (Wildman–Crippen LogP) is 7.58. The quantitative estimate of drug-likeness (QED) is 0.215. The summed E-state index contributed by atoms with van der Waals surface area (Å²) in [7, 11) is 1.67. The fourth-order valence-corrected chi connectivity index (χ4v) is 4.55. The second-order valence-electron chi connectivity index (χ2n) is 8.80. The van der Waals surface area contributed by atoms with Crippen molar-refractivity contribution < 1.29 is 9.53 Å². The minimum Gasteiger partial charge on any atom is -0.497 e. The summed E-state index contributed by atoms with van der Waals surface area (Å²) in [5.74, 6) is 0.806. The van der Waals surface area contributed by atoms with Gasteiger partial charge in [-0.1, -0.05) is 45.7 Å². The first-order chi connectivity index (χ1) is 17.4. The molecule has 1 aromatic heterocycles. The summed E-state index contributed by atoms with van der Waals surface area (Å²) < 4.78 is 6.42. The van der Waals surface area contributed by atoms with Crippen molar-refractivity contribution in [3.63, 3.8) is 0 Å². The lowest BCUT2D eigenvalue weighted by atomic mass is 10.1. The normalized spacial score (nSPS) is 11.8. The number of hydrogen-bond acceptors (Lipinski definition) is 4. The number of hydrogen-bond donors (Lipinski definition) is 1. The number of methoxy groups -OCH3 is 1. The summed E-state index contributed by atoms with van der Waals surface area (Å²) in [6.07, 6.45) is 3.53. The second kappa shape index (κ2) is 12.2. The Morgan fingerprint density at radius 1 is 1.11 bits per heavy atom. The standard InChI is InChI=1S/C29H29BrClN3O2/c1-20(33-27-18-26(36-2)17-23-6-3-15-32-28(23)27)5-4-16-34(19-21-7-13-25(31)14-8-21)29(35)22-9-11-24(30)12-10-22/h3,6-15,17-18,20,33H,4-5,16,19H2,1-2H3. The molecule has 0 radical (unpaired) electrons. The molecule has 4 aromatic rings. The van der Waals surface area contributed by atoms with E-state index in [1.54, 1.807) is 13.3 Å². The Hall–Kier alpha value is -3.09. The van der Waals surface area contributed by atoms with Crippen LogP contribution in [0, 0.1) is 0 Å². The highest BCUT2D eigenvalue weighted by molar-refractivity contribution is 9.10. The third-order valence-electron chi connectivity index (χ3n) is 6.05. The predicted molar refractivity (Wildman–Crippen MR) is 151 cm³/mol. The van der Waals surface area contributed by atoms with Crippen LogP contribution >= 0.6 is 27.5 Å². The number of halogens is 2. The zero-order chi connectivity index (χ0) is 25.5. The van der Waals surface area contributed by atoms with E-state index in [1.807, 2.05) is 77.7 Å². The molecule has 0 bridgehead atoms. The van der Waals surface area contributed by atoms with Gasteiger partial charge in [0.15, 0.2) is 0 Å². The smallest absolute Gasteiger partial charge is 0.254 e. The number of pyridine rings is 1. The van der Waals surface area contributed by atoms with E-state index in [-0.39, 0.29) is 11.9 Å². The van der Waals surface area contributed by atoms with Crippen LogP contribution in [0.25, 0.3) is 10.9 Å². The van der Waals surface area contributed by atoms with Crippen molar-refractivity contribution in [2.75, 3.05) is 19.0 Å². The molecule has 0 aliphatic heterocycles. The van der Waals surface area contributed by atoms with Crippen LogP contribution in [0.2, 0.25) is 5.02 Å². The molecule has 36 heavy (non-hydrogen) atoms. The maximum Gasteiger partial charge on any atom is 0.254 e. The Morgan fingerprint density at radius 3 is 2.58 bits per heavy atom. The molecule has 1 amide bonds. The Bertz CT molecular complexity index is 1310. The van der Waals surface area contributed by atoms with Crippen molar-refractivity contribution >= 4 is 50.0 Å². The highest BCUT2D eigenvalue weighted by atomic mass is 79.9. The Morgan fingerprint density at radius 2 is 1.86 bits per heavy atom. The lowest BCUT2D eigenvalue weighted by Gasteiger charge is -2.24. The van der Waals surface area contributed by atoms with Crippen LogP contribution in [0.5, 0.6) is 5.75 Å². The van der Waals surface area contributed by atoms with Gasteiger partial charge in [-0.15, -0.1) is 0 Å². The van der Waals surface area contributed by atoms with Gasteiger partial charge in [-0.05, 0) is 73.9 Å². The van der Waals surface area contributed by atoms with Gasteiger partial charge in [0.2, 0.25) is 0 Å². The van der Waals surface area contributed by atoms with Crippen LogP contribution < -0.4 is 10.1 Å². The van der Waals surface area contributed by atoms with Gasteiger partial charge in [0.05, 0.1) is 18.3 Å². The highest BCUT2D eigenvalue weighted by Gasteiger charge is 2.17. The molecule has 186 valence electrons. The molecule has 1 N–H and O–H groups in total. The van der Waals surface area contributed by atoms with Crippen molar-refractivity contribution in [1.82, 2.24) is 9.88 Å². The molecule has 7 heteroatoms. The largest absolute Gasteiger partial charge is 0.497 e. The van der Waals surface area contributed by atoms with Crippen LogP contribution in [0.15, 0.2) is 83.5 Å². The first kappa shape index (κ1) is 26.0. The van der Waals surface area contributed by atoms with Crippen molar-refractivity contribution in [3.05, 3.63) is 99.6 Å². The topological polar surface area (TPSA) is 54.5 Å². The molecule has 1 heterocycles. The average Bonchev–Trinajstić information content (AvgIpc) is 2.89. The molecule has 3 aromatic carbocycles.